The summed E-state index contributed by atoms with van der Waals surface area (Å²) < 4.78 is 9.03. The highest BCUT2D eigenvalue weighted by Gasteiger charge is 2.36. The van der Waals surface area contributed by atoms with Gasteiger partial charge in [0.15, 0.2) is 5.92 Å². The normalized spacial score (nSPS) is 11.4. The van der Waals surface area contributed by atoms with Gasteiger partial charge in [0.1, 0.15) is 0 Å². The molecule has 1 aromatic rings. The second-order valence-corrected chi connectivity index (χ2v) is 4.27. The van der Waals surface area contributed by atoms with Gasteiger partial charge in [-0.25, -0.2) is 4.79 Å². The van der Waals surface area contributed by atoms with Crippen LogP contribution in [-0.4, -0.2) is 46.0 Å². The first kappa shape index (κ1) is 15.7. The lowest BCUT2D eigenvalue weighted by atomic mass is 9.92. The number of rotatable bonds is 5. The molecule has 0 heterocycles. The summed E-state index contributed by atoms with van der Waals surface area (Å²) >= 11 is 0. The minimum absolute atomic E-state index is 0.403. The Morgan fingerprint density at radius 1 is 1.05 bits per heavy atom. The number of ketones is 1. The van der Waals surface area contributed by atoms with Gasteiger partial charge in [0.05, 0.1) is 14.2 Å². The SMILES string of the molecule is COC(=O)C(=O)C(C(=O)OC)c1ccccc1N(C)C. The van der Waals surface area contributed by atoms with Crippen molar-refractivity contribution in [2.45, 2.75) is 5.92 Å². The summed E-state index contributed by atoms with van der Waals surface area (Å²) in [5.41, 5.74) is 1.06. The predicted molar refractivity (Wildman–Crippen MR) is 72.5 cm³/mol. The number of methoxy groups -OCH3 is 2. The van der Waals surface area contributed by atoms with Gasteiger partial charge in [-0.15, -0.1) is 0 Å². The molecular formula is C14H17NO5. The lowest BCUT2D eigenvalue weighted by Gasteiger charge is -2.21. The van der Waals surface area contributed by atoms with Gasteiger partial charge in [-0.05, 0) is 11.6 Å². The molecule has 0 fully saturated rings. The van der Waals surface area contributed by atoms with E-state index in [2.05, 4.69) is 9.47 Å². The maximum atomic E-state index is 12.1. The number of benzene rings is 1. The highest BCUT2D eigenvalue weighted by atomic mass is 16.5. The van der Waals surface area contributed by atoms with Crippen LogP contribution in [0.4, 0.5) is 5.69 Å². The molecule has 0 saturated carbocycles. The van der Waals surface area contributed by atoms with Crippen LogP contribution < -0.4 is 4.90 Å². The largest absolute Gasteiger partial charge is 0.468 e. The lowest BCUT2D eigenvalue weighted by Crippen LogP contribution is -2.31. The average Bonchev–Trinajstić information content (AvgIpc) is 2.46. The Bertz CT molecular complexity index is 524. The van der Waals surface area contributed by atoms with E-state index in [1.165, 1.54) is 0 Å². The van der Waals surface area contributed by atoms with Crippen molar-refractivity contribution in [1.29, 1.82) is 0 Å². The molecule has 0 aromatic heterocycles. The number of ether oxygens (including phenoxy) is 2. The third-order valence-corrected chi connectivity index (χ3v) is 2.82. The second-order valence-electron chi connectivity index (χ2n) is 4.27. The molecule has 1 unspecified atom stereocenters. The topological polar surface area (TPSA) is 72.9 Å². The van der Waals surface area contributed by atoms with Crippen LogP contribution in [0.2, 0.25) is 0 Å². The van der Waals surface area contributed by atoms with E-state index in [0.717, 1.165) is 14.2 Å². The number of hydrogen-bond donors (Lipinski definition) is 0. The number of Topliss-reactive ketones (excluding diaryl/α,β-unsaturated/α-hetero) is 1. The summed E-state index contributed by atoms with van der Waals surface area (Å²) in [6, 6.07) is 6.81. The van der Waals surface area contributed by atoms with E-state index in [9.17, 15) is 14.4 Å². The fourth-order valence-corrected chi connectivity index (χ4v) is 1.85. The summed E-state index contributed by atoms with van der Waals surface area (Å²) in [4.78, 5) is 37.1. The van der Waals surface area contributed by atoms with Crippen LogP contribution in [0.15, 0.2) is 24.3 Å². The van der Waals surface area contributed by atoms with Gasteiger partial charge in [-0.1, -0.05) is 18.2 Å². The van der Waals surface area contributed by atoms with Crippen molar-refractivity contribution >= 4 is 23.4 Å². The van der Waals surface area contributed by atoms with Crippen LogP contribution in [0, 0.1) is 0 Å². The fourth-order valence-electron chi connectivity index (χ4n) is 1.85. The van der Waals surface area contributed by atoms with E-state index < -0.39 is 23.6 Å². The van der Waals surface area contributed by atoms with Gasteiger partial charge in [-0.3, -0.25) is 9.59 Å². The molecule has 0 aliphatic heterocycles. The average molecular weight is 279 g/mol. The van der Waals surface area contributed by atoms with Gasteiger partial charge < -0.3 is 14.4 Å². The second kappa shape index (κ2) is 6.70. The van der Waals surface area contributed by atoms with Crippen LogP contribution in [0.1, 0.15) is 11.5 Å². The van der Waals surface area contributed by atoms with Crippen molar-refractivity contribution in [3.8, 4) is 0 Å². The number of carbonyl (C=O) groups excluding carboxylic acids is 3. The summed E-state index contributed by atoms with van der Waals surface area (Å²) in [7, 11) is 5.80. The highest BCUT2D eigenvalue weighted by molar-refractivity contribution is 6.40. The summed E-state index contributed by atoms with van der Waals surface area (Å²) in [6.45, 7) is 0. The number of hydrogen-bond acceptors (Lipinski definition) is 6. The maximum absolute atomic E-state index is 12.1. The molecule has 0 amide bonds. The molecule has 0 bridgehead atoms. The third-order valence-electron chi connectivity index (χ3n) is 2.82. The molecule has 0 aliphatic rings. The van der Waals surface area contributed by atoms with E-state index in [0.29, 0.717) is 11.3 Å². The number of nitrogens with zero attached hydrogens (tertiary/aromatic N) is 1. The van der Waals surface area contributed by atoms with E-state index in [1.54, 1.807) is 43.3 Å². The molecule has 1 atom stereocenters. The van der Waals surface area contributed by atoms with Gasteiger partial charge in [0.2, 0.25) is 0 Å². The number of carbonyl (C=O) groups is 3. The predicted octanol–water partition coefficient (Wildman–Crippen LogP) is 0.751. The first-order chi connectivity index (χ1) is 9.43. The first-order valence-electron chi connectivity index (χ1n) is 5.90. The molecule has 1 rings (SSSR count). The molecule has 0 saturated heterocycles. The van der Waals surface area contributed by atoms with Crippen molar-refractivity contribution < 1.29 is 23.9 Å². The van der Waals surface area contributed by atoms with Crippen molar-refractivity contribution in [2.75, 3.05) is 33.2 Å². The number of para-hydroxylation sites is 1. The van der Waals surface area contributed by atoms with Crippen molar-refractivity contribution in [3.05, 3.63) is 29.8 Å². The van der Waals surface area contributed by atoms with Gasteiger partial charge in [0, 0.05) is 19.8 Å². The monoisotopic (exact) mass is 279 g/mol. The molecule has 0 N–H and O–H groups in total. The summed E-state index contributed by atoms with van der Waals surface area (Å²) in [5.74, 6) is -4.15. The molecule has 0 radical (unpaired) electrons. The van der Waals surface area contributed by atoms with Crippen LogP contribution >= 0.6 is 0 Å². The van der Waals surface area contributed by atoms with E-state index in [4.69, 9.17) is 0 Å². The van der Waals surface area contributed by atoms with Crippen LogP contribution in [-0.2, 0) is 23.9 Å². The Morgan fingerprint density at radius 2 is 1.65 bits per heavy atom. The quantitative estimate of drug-likeness (QED) is 0.450. The van der Waals surface area contributed by atoms with Crippen molar-refractivity contribution in [3.63, 3.8) is 0 Å². The third kappa shape index (κ3) is 3.14. The molecule has 0 spiro atoms. The van der Waals surface area contributed by atoms with E-state index >= 15 is 0 Å². The Balaban J connectivity index is 3.36. The Labute approximate surface area is 117 Å². The fraction of sp³-hybridized carbons (Fsp3) is 0.357. The first-order valence-corrected chi connectivity index (χ1v) is 5.90. The molecular weight excluding hydrogens is 262 g/mol. The minimum Gasteiger partial charge on any atom is -0.468 e. The zero-order chi connectivity index (χ0) is 15.3. The molecule has 6 nitrogen and oxygen atoms in total. The standard InChI is InChI=1S/C14H17NO5/c1-15(2)10-8-6-5-7-9(10)11(13(17)19-3)12(16)14(18)20-4/h5-8,11H,1-4H3. The molecule has 6 heteroatoms. The van der Waals surface area contributed by atoms with Crippen molar-refractivity contribution in [2.24, 2.45) is 0 Å². The molecule has 0 aliphatic carbocycles. The summed E-state index contributed by atoms with van der Waals surface area (Å²) in [5, 5.41) is 0. The van der Waals surface area contributed by atoms with Crippen LogP contribution in [0.5, 0.6) is 0 Å². The molecule has 108 valence electrons. The van der Waals surface area contributed by atoms with Crippen LogP contribution in [0.3, 0.4) is 0 Å². The summed E-state index contributed by atoms with van der Waals surface area (Å²) in [6.07, 6.45) is 0. The van der Waals surface area contributed by atoms with Gasteiger partial charge in [-0.2, -0.15) is 0 Å². The highest BCUT2D eigenvalue weighted by Crippen LogP contribution is 2.28. The van der Waals surface area contributed by atoms with Crippen molar-refractivity contribution in [1.82, 2.24) is 0 Å². The lowest BCUT2D eigenvalue weighted by molar-refractivity contribution is -0.157. The van der Waals surface area contributed by atoms with Gasteiger partial charge in [0.25, 0.3) is 5.78 Å². The Morgan fingerprint density at radius 3 is 2.15 bits per heavy atom. The zero-order valence-electron chi connectivity index (χ0n) is 11.9. The number of esters is 2. The maximum Gasteiger partial charge on any atom is 0.375 e. The Kier molecular flexibility index (Phi) is 5.25. The number of anilines is 1. The Hall–Kier alpha value is -2.37. The molecule has 20 heavy (non-hydrogen) atoms. The van der Waals surface area contributed by atoms with Crippen LogP contribution in [0.25, 0.3) is 0 Å². The molecule has 1 aromatic carbocycles. The van der Waals surface area contributed by atoms with Gasteiger partial charge >= 0.3 is 11.9 Å². The minimum atomic E-state index is -1.33. The van der Waals surface area contributed by atoms with E-state index in [1.807, 2.05) is 0 Å². The zero-order valence-corrected chi connectivity index (χ0v) is 11.9. The smallest absolute Gasteiger partial charge is 0.375 e. The van der Waals surface area contributed by atoms with E-state index in [-0.39, 0.29) is 0 Å².